The lowest BCUT2D eigenvalue weighted by Gasteiger charge is -2.35. The van der Waals surface area contributed by atoms with Crippen LogP contribution in [0.1, 0.15) is 39.8 Å². The number of benzene rings is 4. The Kier molecular flexibility index (Phi) is 6.04. The number of aromatic hydroxyl groups is 8. The second kappa shape index (κ2) is 9.49. The fourth-order valence-electron chi connectivity index (χ4n) is 5.67. The second-order valence-electron chi connectivity index (χ2n) is 10.2. The summed E-state index contributed by atoms with van der Waals surface area (Å²) in [4.78, 5) is 0. The molecule has 6 rings (SSSR count). The molecule has 0 aliphatic carbocycles. The van der Waals surface area contributed by atoms with Gasteiger partial charge in [0.2, 0.25) is 0 Å². The highest BCUT2D eigenvalue weighted by Crippen LogP contribution is 2.53. The molecule has 0 amide bonds. The number of phenolic OH excluding ortho intramolecular Hbond substituents is 8. The number of phenols is 8. The molecule has 0 spiro atoms. The van der Waals surface area contributed by atoms with Gasteiger partial charge in [-0.05, 0) is 35.4 Å². The smallest absolute Gasteiger partial charge is 0.157 e. The van der Waals surface area contributed by atoms with Gasteiger partial charge >= 0.3 is 0 Å². The molecule has 0 fully saturated rings. The van der Waals surface area contributed by atoms with Crippen molar-refractivity contribution in [1.82, 2.24) is 0 Å². The predicted octanol–water partition coefficient (Wildman–Crippen LogP) is 3.50. The Morgan fingerprint density at radius 1 is 0.610 bits per heavy atom. The van der Waals surface area contributed by atoms with Crippen LogP contribution in [0.5, 0.6) is 57.5 Å². The van der Waals surface area contributed by atoms with Crippen molar-refractivity contribution in [2.75, 3.05) is 0 Å². The number of fused-ring (bicyclic) bond motifs is 2. The highest BCUT2D eigenvalue weighted by Gasteiger charge is 2.42. The normalized spacial score (nSPS) is 20.0. The van der Waals surface area contributed by atoms with Crippen LogP contribution in [0, 0.1) is 0 Å². The maximum atomic E-state index is 11.2. The van der Waals surface area contributed by atoms with Crippen LogP contribution in [-0.4, -0.2) is 58.2 Å². The van der Waals surface area contributed by atoms with Crippen LogP contribution in [0.4, 0.5) is 0 Å². The summed E-state index contributed by atoms with van der Waals surface area (Å²) < 4.78 is 12.4. The van der Waals surface area contributed by atoms with Gasteiger partial charge in [0.1, 0.15) is 46.7 Å². The van der Waals surface area contributed by atoms with E-state index in [9.17, 15) is 46.0 Å². The lowest BCUT2D eigenvalue weighted by molar-refractivity contribution is 0.0183. The molecule has 212 valence electrons. The molecule has 0 aromatic heterocycles. The van der Waals surface area contributed by atoms with Crippen LogP contribution >= 0.6 is 0 Å². The summed E-state index contributed by atoms with van der Waals surface area (Å²) >= 11 is 0. The van der Waals surface area contributed by atoms with Gasteiger partial charge < -0.3 is 55.4 Å². The number of aliphatic hydroxyl groups is 1. The van der Waals surface area contributed by atoms with Crippen molar-refractivity contribution in [3.05, 3.63) is 82.4 Å². The van der Waals surface area contributed by atoms with Crippen molar-refractivity contribution in [3.8, 4) is 57.5 Å². The van der Waals surface area contributed by atoms with Gasteiger partial charge in [0.15, 0.2) is 23.0 Å². The van der Waals surface area contributed by atoms with Crippen LogP contribution in [-0.2, 0) is 12.8 Å². The lowest BCUT2D eigenvalue weighted by atomic mass is 9.81. The molecule has 4 aromatic rings. The zero-order valence-corrected chi connectivity index (χ0v) is 21.3. The summed E-state index contributed by atoms with van der Waals surface area (Å²) in [6.45, 7) is 0. The summed E-state index contributed by atoms with van der Waals surface area (Å²) in [7, 11) is 0. The molecule has 0 saturated carbocycles. The molecule has 9 N–H and O–H groups in total. The fourth-order valence-corrected chi connectivity index (χ4v) is 5.67. The molecule has 4 unspecified atom stereocenters. The van der Waals surface area contributed by atoms with E-state index in [4.69, 9.17) is 9.47 Å². The van der Waals surface area contributed by atoms with Gasteiger partial charge in [-0.3, -0.25) is 0 Å². The standard InChI is InChI=1S/C30H26O11/c31-14-7-19(34)15-10-26(40-25(15)8-14)27(12-1-3-17(32)21(36)5-12)28-23(38)11-20(35)16-9-24(39)29(41-30(16)28)13-2-4-18(33)22(37)6-13/h1-8,11,24,26-27,29,31-39H,9-10H2. The minimum absolute atomic E-state index is 0.0227. The SMILES string of the molecule is Oc1cc(O)c2c(c1)OC(C(c1ccc(O)c(O)c1)c1c(O)cc(O)c3c1OC(c1ccc(O)c(O)c1)C(O)C3)C2. The Morgan fingerprint density at radius 2 is 1.29 bits per heavy atom. The summed E-state index contributed by atoms with van der Waals surface area (Å²) in [6, 6.07) is 11.6. The first kappa shape index (κ1) is 26.1. The third kappa shape index (κ3) is 4.36. The minimum Gasteiger partial charge on any atom is -0.508 e. The molecule has 0 radical (unpaired) electrons. The van der Waals surface area contributed by atoms with Crippen molar-refractivity contribution in [2.24, 2.45) is 0 Å². The fraction of sp³-hybridized carbons (Fsp3) is 0.200. The molecule has 4 atom stereocenters. The molecular weight excluding hydrogens is 536 g/mol. The molecule has 0 saturated heterocycles. The van der Waals surface area contributed by atoms with E-state index < -0.39 is 41.5 Å². The Balaban J connectivity index is 1.52. The number of aliphatic hydroxyl groups excluding tert-OH is 1. The highest BCUT2D eigenvalue weighted by atomic mass is 16.5. The van der Waals surface area contributed by atoms with Gasteiger partial charge in [-0.2, -0.15) is 0 Å². The predicted molar refractivity (Wildman–Crippen MR) is 142 cm³/mol. The van der Waals surface area contributed by atoms with Gasteiger partial charge in [-0.1, -0.05) is 12.1 Å². The molecule has 4 aromatic carbocycles. The van der Waals surface area contributed by atoms with Crippen LogP contribution in [0.25, 0.3) is 0 Å². The molecule has 0 bridgehead atoms. The average Bonchev–Trinajstić information content (AvgIpc) is 3.34. The van der Waals surface area contributed by atoms with Crippen molar-refractivity contribution in [3.63, 3.8) is 0 Å². The number of ether oxygens (including phenoxy) is 2. The molecule has 2 aliphatic heterocycles. The molecule has 2 aliphatic rings. The Morgan fingerprint density at radius 3 is 2.00 bits per heavy atom. The van der Waals surface area contributed by atoms with Crippen LogP contribution < -0.4 is 9.47 Å². The van der Waals surface area contributed by atoms with E-state index in [1.807, 2.05) is 0 Å². The molecule has 41 heavy (non-hydrogen) atoms. The summed E-state index contributed by atoms with van der Waals surface area (Å²) in [5.41, 5.74) is 1.41. The van der Waals surface area contributed by atoms with E-state index in [2.05, 4.69) is 0 Å². The first-order chi connectivity index (χ1) is 19.5. The Labute approximate surface area is 232 Å². The number of rotatable bonds is 4. The van der Waals surface area contributed by atoms with Crippen LogP contribution in [0.15, 0.2) is 54.6 Å². The number of hydrogen-bond acceptors (Lipinski definition) is 11. The van der Waals surface area contributed by atoms with E-state index in [0.29, 0.717) is 16.7 Å². The van der Waals surface area contributed by atoms with Gasteiger partial charge in [0, 0.05) is 47.7 Å². The average molecular weight is 563 g/mol. The highest BCUT2D eigenvalue weighted by molar-refractivity contribution is 5.63. The van der Waals surface area contributed by atoms with Gasteiger partial charge in [-0.15, -0.1) is 0 Å². The first-order valence-corrected chi connectivity index (χ1v) is 12.7. The van der Waals surface area contributed by atoms with E-state index in [1.165, 1.54) is 48.5 Å². The van der Waals surface area contributed by atoms with Gasteiger partial charge in [0.25, 0.3) is 0 Å². The van der Waals surface area contributed by atoms with Gasteiger partial charge in [0.05, 0.1) is 12.0 Å². The van der Waals surface area contributed by atoms with E-state index >= 15 is 0 Å². The molecule has 11 heteroatoms. The lowest BCUT2D eigenvalue weighted by Crippen LogP contribution is -2.32. The van der Waals surface area contributed by atoms with Gasteiger partial charge in [-0.25, -0.2) is 0 Å². The van der Waals surface area contributed by atoms with Crippen molar-refractivity contribution >= 4 is 0 Å². The quantitative estimate of drug-likeness (QED) is 0.165. The van der Waals surface area contributed by atoms with Crippen molar-refractivity contribution in [2.45, 2.75) is 37.1 Å². The molecular formula is C30H26O11. The summed E-state index contributed by atoms with van der Waals surface area (Å²) in [6.07, 6.45) is -3.09. The van der Waals surface area contributed by atoms with Crippen LogP contribution in [0.2, 0.25) is 0 Å². The molecule has 2 heterocycles. The third-order valence-corrected chi connectivity index (χ3v) is 7.61. The Bertz CT molecular complexity index is 1680. The van der Waals surface area contributed by atoms with Crippen LogP contribution in [0.3, 0.4) is 0 Å². The maximum absolute atomic E-state index is 11.2. The number of hydrogen-bond donors (Lipinski definition) is 9. The zero-order chi connectivity index (χ0) is 29.2. The van der Waals surface area contributed by atoms with E-state index in [-0.39, 0.29) is 64.2 Å². The maximum Gasteiger partial charge on any atom is 0.157 e. The first-order valence-electron chi connectivity index (χ1n) is 12.7. The summed E-state index contributed by atoms with van der Waals surface area (Å²) in [5.74, 6) is -3.47. The minimum atomic E-state index is -1.18. The monoisotopic (exact) mass is 562 g/mol. The topological polar surface area (TPSA) is 201 Å². The molecule has 11 nitrogen and oxygen atoms in total. The summed E-state index contributed by atoms with van der Waals surface area (Å²) in [5, 5.41) is 93.5. The second-order valence-corrected chi connectivity index (χ2v) is 10.2. The van der Waals surface area contributed by atoms with Crippen molar-refractivity contribution < 1.29 is 55.4 Å². The Hall–Kier alpha value is -5.16. The van der Waals surface area contributed by atoms with E-state index in [1.54, 1.807) is 0 Å². The largest absolute Gasteiger partial charge is 0.508 e. The third-order valence-electron chi connectivity index (χ3n) is 7.61. The van der Waals surface area contributed by atoms with Crippen molar-refractivity contribution in [1.29, 1.82) is 0 Å². The van der Waals surface area contributed by atoms with E-state index in [0.717, 1.165) is 6.07 Å². The zero-order valence-electron chi connectivity index (χ0n) is 21.3.